The van der Waals surface area contributed by atoms with Crippen molar-refractivity contribution >= 4 is 55.7 Å². The maximum absolute atomic E-state index is 13.2. The Morgan fingerprint density at radius 1 is 0.897 bits per heavy atom. The highest BCUT2D eigenvalue weighted by Crippen LogP contribution is 2.32. The monoisotopic (exact) mass is 565 g/mol. The quantitative estimate of drug-likeness (QED) is 0.246. The van der Waals surface area contributed by atoms with Crippen LogP contribution in [0.4, 0.5) is 11.4 Å². The van der Waals surface area contributed by atoms with Gasteiger partial charge in [0.2, 0.25) is 15.8 Å². The van der Waals surface area contributed by atoms with Gasteiger partial charge < -0.3 is 15.1 Å². The van der Waals surface area contributed by atoms with Crippen LogP contribution < -0.4 is 10.6 Å². The lowest BCUT2D eigenvalue weighted by molar-refractivity contribution is 0.0990. The number of para-hydroxylation sites is 1. The zero-order valence-corrected chi connectivity index (χ0v) is 22.7. The summed E-state index contributed by atoms with van der Waals surface area (Å²) < 4.78 is 33.8. The molecule has 10 heteroatoms. The van der Waals surface area contributed by atoms with Gasteiger partial charge in [-0.25, -0.2) is 8.42 Å². The maximum Gasteiger partial charge on any atom is 0.293 e. The summed E-state index contributed by atoms with van der Waals surface area (Å²) in [6.07, 6.45) is 3.68. The fraction of sp³-hybridized carbons (Fsp3) is 0.241. The smallest absolute Gasteiger partial charge is 0.293 e. The molecule has 0 spiro atoms. The number of amides is 1. The molecule has 0 bridgehead atoms. The van der Waals surface area contributed by atoms with Crippen LogP contribution in [0.1, 0.15) is 46.6 Å². The molecule has 4 aromatic rings. The van der Waals surface area contributed by atoms with Gasteiger partial charge in [-0.1, -0.05) is 54.8 Å². The molecule has 1 saturated heterocycles. The highest BCUT2D eigenvalue weighted by Gasteiger charge is 2.26. The van der Waals surface area contributed by atoms with Gasteiger partial charge in [-0.3, -0.25) is 9.59 Å². The van der Waals surface area contributed by atoms with Crippen molar-refractivity contribution in [1.29, 1.82) is 0 Å². The van der Waals surface area contributed by atoms with E-state index in [2.05, 4.69) is 10.6 Å². The lowest BCUT2D eigenvalue weighted by Gasteiger charge is -2.20. The first-order valence-electron chi connectivity index (χ1n) is 12.8. The zero-order chi connectivity index (χ0) is 27.4. The van der Waals surface area contributed by atoms with Gasteiger partial charge in [-0.05, 0) is 55.3 Å². The molecule has 0 atom stereocenters. The molecule has 39 heavy (non-hydrogen) atoms. The van der Waals surface area contributed by atoms with E-state index >= 15 is 0 Å². The van der Waals surface area contributed by atoms with E-state index < -0.39 is 15.9 Å². The van der Waals surface area contributed by atoms with Crippen LogP contribution in [0, 0.1) is 0 Å². The van der Waals surface area contributed by atoms with Crippen LogP contribution in [0.25, 0.3) is 11.0 Å². The van der Waals surface area contributed by atoms with E-state index in [1.54, 1.807) is 60.7 Å². The topological polar surface area (TPSA) is 109 Å². The summed E-state index contributed by atoms with van der Waals surface area (Å²) >= 11 is 6.04. The Kier molecular flexibility index (Phi) is 8.02. The van der Waals surface area contributed by atoms with Gasteiger partial charge in [0.1, 0.15) is 5.58 Å². The number of nitrogens with one attached hydrogen (secondary N) is 2. The second-order valence-electron chi connectivity index (χ2n) is 9.39. The summed E-state index contributed by atoms with van der Waals surface area (Å²) in [5, 5.41) is 6.93. The molecule has 1 aliphatic heterocycles. The van der Waals surface area contributed by atoms with Crippen LogP contribution in [-0.4, -0.2) is 44.0 Å². The Morgan fingerprint density at radius 2 is 1.64 bits per heavy atom. The molecule has 8 nitrogen and oxygen atoms in total. The van der Waals surface area contributed by atoms with Crippen LogP contribution in [0.15, 0.2) is 82.1 Å². The summed E-state index contributed by atoms with van der Waals surface area (Å²) in [5.41, 5.74) is 1.61. The van der Waals surface area contributed by atoms with Crippen molar-refractivity contribution in [1.82, 2.24) is 4.31 Å². The number of hydrogen-bond donors (Lipinski definition) is 2. The predicted molar refractivity (Wildman–Crippen MR) is 152 cm³/mol. The van der Waals surface area contributed by atoms with Crippen LogP contribution in [0.2, 0.25) is 5.02 Å². The number of nitrogens with zero attached hydrogens (tertiary/aromatic N) is 1. The molecule has 1 fully saturated rings. The molecule has 0 aliphatic carbocycles. The first-order chi connectivity index (χ1) is 18.8. The Labute approximate surface area is 232 Å². The van der Waals surface area contributed by atoms with Crippen molar-refractivity contribution in [3.8, 4) is 0 Å². The third kappa shape index (κ3) is 6.00. The number of benzene rings is 3. The van der Waals surface area contributed by atoms with E-state index in [1.807, 2.05) is 0 Å². The second-order valence-corrected chi connectivity index (χ2v) is 11.8. The summed E-state index contributed by atoms with van der Waals surface area (Å²) in [6, 6.07) is 20.0. The predicted octanol–water partition coefficient (Wildman–Crippen LogP) is 6.20. The Balaban J connectivity index is 1.36. The normalized spacial score (nSPS) is 14.6. The number of Topliss-reactive ketones (excluding diaryl/α,β-unsaturated/α-hetero) is 1. The fourth-order valence-electron chi connectivity index (χ4n) is 4.67. The van der Waals surface area contributed by atoms with Gasteiger partial charge in [0, 0.05) is 34.7 Å². The van der Waals surface area contributed by atoms with Gasteiger partial charge in [0.05, 0.1) is 17.1 Å². The van der Waals surface area contributed by atoms with E-state index in [1.165, 1.54) is 16.4 Å². The first kappa shape index (κ1) is 26.9. The highest BCUT2D eigenvalue weighted by atomic mass is 35.5. The summed E-state index contributed by atoms with van der Waals surface area (Å²) in [5.74, 6) is -0.815. The van der Waals surface area contributed by atoms with E-state index in [0.717, 1.165) is 25.7 Å². The minimum absolute atomic E-state index is 0.0152. The van der Waals surface area contributed by atoms with Crippen molar-refractivity contribution in [2.24, 2.45) is 0 Å². The van der Waals surface area contributed by atoms with Crippen molar-refractivity contribution in [2.45, 2.75) is 30.6 Å². The molecule has 0 saturated carbocycles. The van der Waals surface area contributed by atoms with Crippen LogP contribution in [0.5, 0.6) is 0 Å². The molecular weight excluding hydrogens is 538 g/mol. The molecule has 1 aromatic heterocycles. The summed E-state index contributed by atoms with van der Waals surface area (Å²) in [6.45, 7) is 0.791. The number of furan rings is 1. The van der Waals surface area contributed by atoms with E-state index in [9.17, 15) is 18.0 Å². The van der Waals surface area contributed by atoms with E-state index in [-0.39, 0.29) is 28.5 Å². The average Bonchev–Trinajstić information content (AvgIpc) is 3.08. The van der Waals surface area contributed by atoms with Gasteiger partial charge >= 0.3 is 0 Å². The zero-order valence-electron chi connectivity index (χ0n) is 21.2. The molecule has 1 amide bonds. The number of ketones is 1. The number of carbonyl (C=O) groups excluding carboxylic acids is 2. The number of rotatable bonds is 8. The van der Waals surface area contributed by atoms with Crippen molar-refractivity contribution in [2.75, 3.05) is 30.3 Å². The first-order valence-corrected chi connectivity index (χ1v) is 14.6. The largest absolute Gasteiger partial charge is 0.449 e. The van der Waals surface area contributed by atoms with Crippen molar-refractivity contribution in [3.63, 3.8) is 0 Å². The molecule has 5 rings (SSSR count). The van der Waals surface area contributed by atoms with Crippen LogP contribution in [-0.2, 0) is 10.0 Å². The molecule has 1 aliphatic rings. The van der Waals surface area contributed by atoms with E-state index in [0.29, 0.717) is 40.5 Å². The average molecular weight is 566 g/mol. The maximum atomic E-state index is 13.2. The molecular formula is C29H28ClN3O5S. The Morgan fingerprint density at radius 3 is 2.41 bits per heavy atom. The number of anilines is 2. The summed E-state index contributed by atoms with van der Waals surface area (Å²) in [7, 11) is -3.70. The summed E-state index contributed by atoms with van der Waals surface area (Å²) in [4.78, 5) is 26.4. The third-order valence-corrected chi connectivity index (χ3v) is 8.80. The standard InChI is InChI=1S/C29H28ClN3O5S/c30-21-10-8-11-22(18-21)32-29(35)28-27(24-13-3-4-14-26(24)38-28)31-19-25(34)20-9-7-12-23(17-20)39(36,37)33-15-5-1-2-6-16-33/h3-4,7-14,17-18,31H,1-2,5-6,15-16,19H2,(H,32,35). The Bertz CT molecular complexity index is 1620. The molecule has 202 valence electrons. The lowest BCUT2D eigenvalue weighted by Crippen LogP contribution is -2.32. The molecule has 2 heterocycles. The lowest BCUT2D eigenvalue weighted by atomic mass is 10.1. The molecule has 3 aromatic carbocycles. The minimum atomic E-state index is -3.70. The molecule has 0 unspecified atom stereocenters. The van der Waals surface area contributed by atoms with Gasteiger partial charge in [0.15, 0.2) is 5.78 Å². The van der Waals surface area contributed by atoms with Crippen molar-refractivity contribution in [3.05, 3.63) is 89.1 Å². The van der Waals surface area contributed by atoms with Gasteiger partial charge in [-0.15, -0.1) is 0 Å². The fourth-order valence-corrected chi connectivity index (χ4v) is 6.42. The molecule has 0 radical (unpaired) electrons. The highest BCUT2D eigenvalue weighted by molar-refractivity contribution is 7.89. The number of fused-ring (bicyclic) bond motifs is 1. The van der Waals surface area contributed by atoms with Gasteiger partial charge in [-0.2, -0.15) is 4.31 Å². The Hall–Kier alpha value is -3.66. The second kappa shape index (κ2) is 11.6. The number of sulfonamides is 1. The van der Waals surface area contributed by atoms with E-state index in [4.69, 9.17) is 16.0 Å². The van der Waals surface area contributed by atoms with Crippen LogP contribution >= 0.6 is 11.6 Å². The molecule has 2 N–H and O–H groups in total. The SMILES string of the molecule is O=C(CNc1c(C(=O)Nc2cccc(Cl)c2)oc2ccccc12)c1cccc(S(=O)(=O)N2CCCCCC2)c1. The third-order valence-electron chi connectivity index (χ3n) is 6.67. The number of hydrogen-bond acceptors (Lipinski definition) is 6. The number of halogens is 1. The number of carbonyl (C=O) groups is 2. The van der Waals surface area contributed by atoms with Crippen molar-refractivity contribution < 1.29 is 22.4 Å². The van der Waals surface area contributed by atoms with Gasteiger partial charge in [0.25, 0.3) is 5.91 Å². The minimum Gasteiger partial charge on any atom is -0.449 e. The van der Waals surface area contributed by atoms with Crippen LogP contribution in [0.3, 0.4) is 0 Å².